The standard InChI is InChI=1S/C31H34N4O8S2/c1-18-12-13-24(28(39)32-18)35-29(40)22-10-7-11-23(27(22)30(35)41)33-31(42)43-17-20(3)45-44-19(2)14-25(36)34(16-26(37)38)15-21-8-5-4-6-9-21/h4-11,19-20,24H,1,12-17H2,2-3H3,(H,32,39)(H,33,42)(H,37,38)/t19-,20+,24?/m1/s1. The number of ether oxygens (including phenoxy) is 1. The van der Waals surface area contributed by atoms with Crippen molar-refractivity contribution in [2.75, 3.05) is 18.5 Å². The van der Waals surface area contributed by atoms with Crippen LogP contribution in [0.2, 0.25) is 0 Å². The predicted octanol–water partition coefficient (Wildman–Crippen LogP) is 4.29. The Morgan fingerprint density at radius 2 is 1.78 bits per heavy atom. The molecular weight excluding hydrogens is 620 g/mol. The molecule has 0 aromatic heterocycles. The molecule has 3 atom stereocenters. The molecule has 45 heavy (non-hydrogen) atoms. The summed E-state index contributed by atoms with van der Waals surface area (Å²) in [6, 6.07) is 12.7. The molecule has 2 aliphatic heterocycles. The summed E-state index contributed by atoms with van der Waals surface area (Å²) in [7, 11) is 2.84. The lowest BCUT2D eigenvalue weighted by atomic mass is 10.0. The molecule has 5 amide bonds. The molecule has 0 saturated carbocycles. The molecule has 2 aromatic rings. The van der Waals surface area contributed by atoms with E-state index in [0.29, 0.717) is 12.1 Å². The van der Waals surface area contributed by atoms with E-state index in [0.717, 1.165) is 10.5 Å². The summed E-state index contributed by atoms with van der Waals surface area (Å²) >= 11 is 0. The van der Waals surface area contributed by atoms with Gasteiger partial charge in [-0.15, -0.1) is 0 Å². The summed E-state index contributed by atoms with van der Waals surface area (Å²) in [6.45, 7) is 7.25. The van der Waals surface area contributed by atoms with E-state index in [4.69, 9.17) is 4.74 Å². The van der Waals surface area contributed by atoms with Crippen LogP contribution in [0.5, 0.6) is 0 Å². The number of imide groups is 1. The fraction of sp³-hybridized carbons (Fsp3) is 0.355. The third-order valence-electron chi connectivity index (χ3n) is 7.01. The molecule has 2 aromatic carbocycles. The minimum atomic E-state index is -1.09. The minimum absolute atomic E-state index is 0.00247. The molecule has 2 heterocycles. The SMILES string of the molecule is C=C1CCC(N2C(=O)c3cccc(NC(=O)OC[C@H](C)SS[C@H](C)CC(=O)N(CC(=O)O)Cc4ccccc4)c3C2=O)C(=O)N1. The van der Waals surface area contributed by atoms with Crippen LogP contribution in [0.25, 0.3) is 0 Å². The molecule has 12 nitrogen and oxygen atoms in total. The van der Waals surface area contributed by atoms with E-state index in [1.807, 2.05) is 44.2 Å². The second-order valence-electron chi connectivity index (χ2n) is 10.7. The number of hydrogen-bond donors (Lipinski definition) is 3. The number of aliphatic carboxylic acids is 1. The van der Waals surface area contributed by atoms with E-state index < -0.39 is 42.4 Å². The summed E-state index contributed by atoms with van der Waals surface area (Å²) in [4.78, 5) is 77.9. The van der Waals surface area contributed by atoms with Crippen LogP contribution in [0.15, 0.2) is 60.8 Å². The van der Waals surface area contributed by atoms with Crippen molar-refractivity contribution in [2.24, 2.45) is 0 Å². The first-order chi connectivity index (χ1) is 21.4. The Bertz CT molecular complexity index is 1500. The number of allylic oxidation sites excluding steroid dienone is 1. The van der Waals surface area contributed by atoms with Gasteiger partial charge in [0.05, 0.1) is 16.8 Å². The van der Waals surface area contributed by atoms with Gasteiger partial charge in [-0.25, -0.2) is 4.79 Å². The van der Waals surface area contributed by atoms with Crippen molar-refractivity contribution in [1.29, 1.82) is 0 Å². The molecule has 0 aliphatic carbocycles. The summed E-state index contributed by atoms with van der Waals surface area (Å²) in [5.74, 6) is -3.13. The maximum atomic E-state index is 13.3. The summed E-state index contributed by atoms with van der Waals surface area (Å²) in [6.07, 6.45) is 0.00350. The molecular formula is C31H34N4O8S2. The fourth-order valence-corrected chi connectivity index (χ4v) is 7.09. The van der Waals surface area contributed by atoms with Crippen LogP contribution >= 0.6 is 21.6 Å². The number of carboxylic acid groups (broad SMARTS) is 1. The number of fused-ring (bicyclic) bond motifs is 1. The third kappa shape index (κ3) is 8.66. The average molecular weight is 655 g/mol. The number of carboxylic acids is 1. The number of nitrogens with one attached hydrogen (secondary N) is 2. The molecule has 0 bridgehead atoms. The van der Waals surface area contributed by atoms with Gasteiger partial charge in [-0.3, -0.25) is 34.2 Å². The Morgan fingerprint density at radius 1 is 1.07 bits per heavy atom. The van der Waals surface area contributed by atoms with E-state index in [-0.39, 0.29) is 59.2 Å². The number of carbonyl (C=O) groups is 6. The molecule has 2 aliphatic rings. The first-order valence-electron chi connectivity index (χ1n) is 14.2. The highest BCUT2D eigenvalue weighted by Crippen LogP contribution is 2.34. The van der Waals surface area contributed by atoms with Gasteiger partial charge in [0.25, 0.3) is 11.8 Å². The van der Waals surface area contributed by atoms with Crippen LogP contribution in [-0.2, 0) is 25.7 Å². The third-order valence-corrected chi connectivity index (χ3v) is 10.4. The van der Waals surface area contributed by atoms with E-state index in [1.54, 1.807) is 0 Å². The average Bonchev–Trinajstić information content (AvgIpc) is 3.25. The number of rotatable bonds is 13. The topological polar surface area (TPSA) is 162 Å². The zero-order valence-corrected chi connectivity index (χ0v) is 26.4. The van der Waals surface area contributed by atoms with Crippen molar-refractivity contribution in [1.82, 2.24) is 15.1 Å². The normalized spacial score (nSPS) is 17.3. The zero-order chi connectivity index (χ0) is 32.7. The van der Waals surface area contributed by atoms with E-state index in [1.165, 1.54) is 44.7 Å². The van der Waals surface area contributed by atoms with Crippen LogP contribution < -0.4 is 10.6 Å². The lowest BCUT2D eigenvalue weighted by Gasteiger charge is -2.29. The minimum Gasteiger partial charge on any atom is -0.480 e. The molecule has 0 spiro atoms. The van der Waals surface area contributed by atoms with Crippen molar-refractivity contribution in [3.63, 3.8) is 0 Å². The molecule has 4 rings (SSSR count). The van der Waals surface area contributed by atoms with Crippen molar-refractivity contribution in [3.05, 3.63) is 77.5 Å². The predicted molar refractivity (Wildman–Crippen MR) is 170 cm³/mol. The molecule has 1 saturated heterocycles. The Kier molecular flexibility index (Phi) is 11.3. The van der Waals surface area contributed by atoms with Crippen molar-refractivity contribution in [2.45, 2.75) is 56.2 Å². The number of nitrogens with zero attached hydrogens (tertiary/aromatic N) is 2. The number of carbonyl (C=O) groups excluding carboxylic acids is 5. The van der Waals surface area contributed by atoms with Gasteiger partial charge < -0.3 is 20.1 Å². The second kappa shape index (κ2) is 15.1. The summed E-state index contributed by atoms with van der Waals surface area (Å²) in [5, 5.41) is 14.1. The fourth-order valence-electron chi connectivity index (χ4n) is 4.86. The van der Waals surface area contributed by atoms with Crippen LogP contribution in [0, 0.1) is 0 Å². The van der Waals surface area contributed by atoms with Gasteiger partial charge in [0.1, 0.15) is 19.2 Å². The second-order valence-corrected chi connectivity index (χ2v) is 13.9. The van der Waals surface area contributed by atoms with Crippen LogP contribution in [-0.4, -0.2) is 80.3 Å². The molecule has 14 heteroatoms. The molecule has 238 valence electrons. The largest absolute Gasteiger partial charge is 0.480 e. The number of anilines is 1. The van der Waals surface area contributed by atoms with E-state index in [9.17, 15) is 33.9 Å². The van der Waals surface area contributed by atoms with Crippen molar-refractivity contribution >= 4 is 63.0 Å². The van der Waals surface area contributed by atoms with Gasteiger partial charge >= 0.3 is 12.1 Å². The van der Waals surface area contributed by atoms with Crippen molar-refractivity contribution < 1.29 is 38.6 Å². The monoisotopic (exact) mass is 654 g/mol. The van der Waals surface area contributed by atoms with E-state index in [2.05, 4.69) is 17.2 Å². The Hall–Kier alpha value is -4.30. The van der Waals surface area contributed by atoms with Gasteiger partial charge in [0.2, 0.25) is 11.8 Å². The molecule has 0 radical (unpaired) electrons. The van der Waals surface area contributed by atoms with Gasteiger partial charge in [-0.1, -0.05) is 71.5 Å². The maximum absolute atomic E-state index is 13.3. The van der Waals surface area contributed by atoms with Gasteiger partial charge in [-0.05, 0) is 37.5 Å². The van der Waals surface area contributed by atoms with Gasteiger partial charge in [0, 0.05) is 29.2 Å². The van der Waals surface area contributed by atoms with Crippen LogP contribution in [0.1, 0.15) is 59.4 Å². The lowest BCUT2D eigenvalue weighted by molar-refractivity contribution is -0.144. The van der Waals surface area contributed by atoms with Crippen LogP contribution in [0.3, 0.4) is 0 Å². The quantitative estimate of drug-likeness (QED) is 0.210. The smallest absolute Gasteiger partial charge is 0.411 e. The van der Waals surface area contributed by atoms with Gasteiger partial charge in [-0.2, -0.15) is 0 Å². The summed E-state index contributed by atoms with van der Waals surface area (Å²) in [5.41, 5.74) is 1.54. The first kappa shape index (κ1) is 33.6. The molecule has 1 fully saturated rings. The number of hydrogen-bond acceptors (Lipinski definition) is 9. The number of amides is 5. The van der Waals surface area contributed by atoms with Gasteiger partial charge in [0.15, 0.2) is 0 Å². The van der Waals surface area contributed by atoms with Crippen LogP contribution in [0.4, 0.5) is 10.5 Å². The number of benzene rings is 2. The van der Waals surface area contributed by atoms with Crippen molar-refractivity contribution in [3.8, 4) is 0 Å². The lowest BCUT2D eigenvalue weighted by Crippen LogP contribution is -2.51. The number of piperidine rings is 1. The Morgan fingerprint density at radius 3 is 2.47 bits per heavy atom. The first-order valence-corrected chi connectivity index (χ1v) is 16.5. The molecule has 1 unspecified atom stereocenters. The summed E-state index contributed by atoms with van der Waals surface area (Å²) < 4.78 is 5.36. The highest BCUT2D eigenvalue weighted by atomic mass is 33.1. The Labute approximate surface area is 268 Å². The zero-order valence-electron chi connectivity index (χ0n) is 24.8. The maximum Gasteiger partial charge on any atom is 0.411 e. The highest BCUT2D eigenvalue weighted by molar-refractivity contribution is 8.77. The molecule has 3 N–H and O–H groups in total. The van der Waals surface area contributed by atoms with E-state index >= 15 is 0 Å². The Balaban J connectivity index is 1.26. The highest BCUT2D eigenvalue weighted by Gasteiger charge is 2.45.